The molecular weight excluding hydrogens is 569 g/mol. The molecule has 2 aromatic rings. The number of piperidine rings is 2. The number of rotatable bonds is 5. The number of hydrogen-bond acceptors (Lipinski definition) is 4. The Hall–Kier alpha value is -2.79. The third kappa shape index (κ3) is 6.27. The van der Waals surface area contributed by atoms with Crippen molar-refractivity contribution in [3.05, 3.63) is 52.8 Å². The maximum absolute atomic E-state index is 13.9. The van der Waals surface area contributed by atoms with Gasteiger partial charge in [-0.25, -0.2) is 4.79 Å². The lowest BCUT2D eigenvalue weighted by Crippen LogP contribution is -2.50. The molecule has 230 valence electrons. The summed E-state index contributed by atoms with van der Waals surface area (Å²) in [5.74, 6) is 0.0123. The Kier molecular flexibility index (Phi) is 9.08. The van der Waals surface area contributed by atoms with Gasteiger partial charge in [0.05, 0.1) is 35.1 Å². The van der Waals surface area contributed by atoms with E-state index in [1.165, 1.54) is 12.1 Å². The van der Waals surface area contributed by atoms with Gasteiger partial charge >= 0.3 is 12.2 Å². The standard InChI is InChI=1S/C30H39F3N6O2.ClH/c1-36-15-10-21(11-16-36)35-29(41)37-17-12-22(13-18-37)39-27(20-8-9-20)24(19-34-39)28(40)38-14-4-7-26(38)23-5-2-3-6-25(23)30(31,32)33;/h2-3,5-6,19-22,26H,4,7-18H2,1H3,(H,35,41);1H. The van der Waals surface area contributed by atoms with E-state index < -0.39 is 17.8 Å². The first-order valence-electron chi connectivity index (χ1n) is 15.0. The smallest absolute Gasteiger partial charge is 0.335 e. The summed E-state index contributed by atoms with van der Waals surface area (Å²) >= 11 is 0. The van der Waals surface area contributed by atoms with Crippen molar-refractivity contribution in [3.63, 3.8) is 0 Å². The third-order valence-corrected chi connectivity index (χ3v) is 9.31. The monoisotopic (exact) mass is 608 g/mol. The maximum atomic E-state index is 13.9. The molecule has 1 aromatic heterocycles. The highest BCUT2D eigenvalue weighted by Crippen LogP contribution is 2.45. The van der Waals surface area contributed by atoms with Crippen LogP contribution in [0.4, 0.5) is 18.0 Å². The Labute approximate surface area is 251 Å². The van der Waals surface area contributed by atoms with E-state index in [-0.39, 0.29) is 47.9 Å². The van der Waals surface area contributed by atoms with Gasteiger partial charge in [0.25, 0.3) is 5.91 Å². The van der Waals surface area contributed by atoms with E-state index in [4.69, 9.17) is 0 Å². The average Bonchev–Trinajstić information content (AvgIpc) is 3.51. The number of benzene rings is 1. The van der Waals surface area contributed by atoms with Gasteiger partial charge in [-0.3, -0.25) is 9.48 Å². The minimum absolute atomic E-state index is 0. The van der Waals surface area contributed by atoms with E-state index in [9.17, 15) is 22.8 Å². The minimum atomic E-state index is -4.48. The molecule has 1 atom stereocenters. The van der Waals surface area contributed by atoms with Gasteiger partial charge in [-0.1, -0.05) is 18.2 Å². The fourth-order valence-corrected chi connectivity index (χ4v) is 6.86. The van der Waals surface area contributed by atoms with E-state index in [1.54, 1.807) is 17.2 Å². The lowest BCUT2D eigenvalue weighted by atomic mass is 9.97. The van der Waals surface area contributed by atoms with Crippen LogP contribution in [-0.4, -0.2) is 82.2 Å². The zero-order valence-electron chi connectivity index (χ0n) is 24.0. The van der Waals surface area contributed by atoms with Crippen LogP contribution in [-0.2, 0) is 6.18 Å². The summed E-state index contributed by atoms with van der Waals surface area (Å²) < 4.78 is 43.4. The van der Waals surface area contributed by atoms with E-state index in [0.29, 0.717) is 38.0 Å². The molecule has 1 unspecified atom stereocenters. The van der Waals surface area contributed by atoms with E-state index in [2.05, 4.69) is 22.4 Å². The number of likely N-dealkylation sites (tertiary alicyclic amines) is 3. The maximum Gasteiger partial charge on any atom is 0.416 e. The average molecular weight is 609 g/mol. The molecule has 0 bridgehead atoms. The predicted molar refractivity (Wildman–Crippen MR) is 155 cm³/mol. The van der Waals surface area contributed by atoms with Crippen molar-refractivity contribution in [2.75, 3.05) is 39.8 Å². The van der Waals surface area contributed by atoms with Crippen LogP contribution in [0.5, 0.6) is 0 Å². The number of nitrogens with one attached hydrogen (secondary N) is 1. The highest BCUT2D eigenvalue weighted by Gasteiger charge is 2.42. The first-order chi connectivity index (χ1) is 19.7. The molecule has 12 heteroatoms. The summed E-state index contributed by atoms with van der Waals surface area (Å²) in [5.41, 5.74) is 0.928. The molecule has 1 aliphatic carbocycles. The van der Waals surface area contributed by atoms with Crippen LogP contribution < -0.4 is 5.32 Å². The third-order valence-electron chi connectivity index (χ3n) is 9.31. The number of amides is 3. The molecule has 0 spiro atoms. The molecular formula is C30H40ClF3N6O2. The summed E-state index contributed by atoms with van der Waals surface area (Å²) in [6.45, 7) is 3.65. The highest BCUT2D eigenvalue weighted by molar-refractivity contribution is 5.96. The lowest BCUT2D eigenvalue weighted by molar-refractivity contribution is -0.138. The molecule has 4 fully saturated rings. The number of aromatic nitrogens is 2. The molecule has 4 heterocycles. The van der Waals surface area contributed by atoms with Crippen molar-refractivity contribution in [1.82, 2.24) is 29.8 Å². The number of nitrogens with zero attached hydrogens (tertiary/aromatic N) is 5. The largest absolute Gasteiger partial charge is 0.416 e. The Morgan fingerprint density at radius 1 is 0.929 bits per heavy atom. The quantitative estimate of drug-likeness (QED) is 0.478. The topological polar surface area (TPSA) is 73.7 Å². The number of carbonyl (C=O) groups is 2. The van der Waals surface area contributed by atoms with Crippen molar-refractivity contribution >= 4 is 24.3 Å². The van der Waals surface area contributed by atoms with Crippen LogP contribution in [0, 0.1) is 0 Å². The van der Waals surface area contributed by atoms with Gasteiger partial charge in [0.1, 0.15) is 0 Å². The zero-order valence-corrected chi connectivity index (χ0v) is 24.8. The second kappa shape index (κ2) is 12.4. The Morgan fingerprint density at radius 3 is 2.29 bits per heavy atom. The summed E-state index contributed by atoms with van der Waals surface area (Å²) in [6.07, 6.45) is 3.70. The van der Waals surface area contributed by atoms with Crippen LogP contribution in [0.1, 0.15) is 96.5 Å². The lowest BCUT2D eigenvalue weighted by Gasteiger charge is -2.35. The van der Waals surface area contributed by atoms with E-state index in [1.807, 2.05) is 9.58 Å². The van der Waals surface area contributed by atoms with Crippen LogP contribution in [0.2, 0.25) is 0 Å². The molecule has 0 radical (unpaired) electrons. The molecule has 8 nitrogen and oxygen atoms in total. The van der Waals surface area contributed by atoms with Crippen molar-refractivity contribution in [3.8, 4) is 0 Å². The normalized spacial score (nSPS) is 22.7. The minimum Gasteiger partial charge on any atom is -0.335 e. The van der Waals surface area contributed by atoms with Gasteiger partial charge in [0, 0.05) is 31.6 Å². The van der Waals surface area contributed by atoms with Crippen molar-refractivity contribution < 1.29 is 22.8 Å². The summed E-state index contributed by atoms with van der Waals surface area (Å²) in [5, 5.41) is 7.89. The first-order valence-corrected chi connectivity index (χ1v) is 15.0. The molecule has 6 rings (SSSR count). The van der Waals surface area contributed by atoms with Gasteiger partial charge in [0.2, 0.25) is 0 Å². The second-order valence-electron chi connectivity index (χ2n) is 12.1. The van der Waals surface area contributed by atoms with Crippen LogP contribution in [0.15, 0.2) is 30.5 Å². The predicted octanol–water partition coefficient (Wildman–Crippen LogP) is 5.62. The van der Waals surface area contributed by atoms with Gasteiger partial charge < -0.3 is 20.0 Å². The van der Waals surface area contributed by atoms with Gasteiger partial charge in [0.15, 0.2) is 0 Å². The Bertz CT molecular complexity index is 1270. The SMILES string of the molecule is CN1CCC(NC(=O)N2CCC(n3ncc(C(=O)N4CCCC4c4ccccc4C(F)(F)F)c3C3CC3)CC2)CC1.Cl. The van der Waals surface area contributed by atoms with Crippen molar-refractivity contribution in [2.45, 2.75) is 81.6 Å². The van der Waals surface area contributed by atoms with Gasteiger partial charge in [-0.05, 0) is 83.1 Å². The molecule has 4 aliphatic rings. The molecule has 1 aromatic carbocycles. The first kappa shape index (κ1) is 30.7. The number of halogens is 4. The molecule has 1 N–H and O–H groups in total. The van der Waals surface area contributed by atoms with Crippen LogP contribution in [0.25, 0.3) is 0 Å². The summed E-state index contributed by atoms with van der Waals surface area (Å²) in [7, 11) is 2.10. The summed E-state index contributed by atoms with van der Waals surface area (Å²) in [6, 6.07) is 5.30. The molecule has 1 saturated carbocycles. The molecule has 3 amide bonds. The Morgan fingerprint density at radius 2 is 1.62 bits per heavy atom. The van der Waals surface area contributed by atoms with E-state index in [0.717, 1.165) is 63.4 Å². The van der Waals surface area contributed by atoms with Crippen molar-refractivity contribution in [1.29, 1.82) is 0 Å². The van der Waals surface area contributed by atoms with Crippen LogP contribution in [0.3, 0.4) is 0 Å². The number of urea groups is 1. The number of carbonyl (C=O) groups excluding carboxylic acids is 2. The fourth-order valence-electron chi connectivity index (χ4n) is 6.86. The molecule has 42 heavy (non-hydrogen) atoms. The molecule has 3 aliphatic heterocycles. The van der Waals surface area contributed by atoms with Crippen LogP contribution >= 0.6 is 12.4 Å². The summed E-state index contributed by atoms with van der Waals surface area (Å²) in [4.78, 5) is 32.6. The van der Waals surface area contributed by atoms with Gasteiger partial charge in [-0.2, -0.15) is 18.3 Å². The zero-order chi connectivity index (χ0) is 28.7. The van der Waals surface area contributed by atoms with E-state index >= 15 is 0 Å². The highest BCUT2D eigenvalue weighted by atomic mass is 35.5. The second-order valence-corrected chi connectivity index (χ2v) is 12.1. The Balaban J connectivity index is 0.00000353. The van der Waals surface area contributed by atoms with Gasteiger partial charge in [-0.15, -0.1) is 12.4 Å². The number of hydrogen-bond donors (Lipinski definition) is 1. The fraction of sp³-hybridized carbons (Fsp3) is 0.633. The number of alkyl halides is 3. The van der Waals surface area contributed by atoms with Crippen molar-refractivity contribution in [2.24, 2.45) is 0 Å². The molecule has 3 saturated heterocycles.